The zero-order chi connectivity index (χ0) is 17.5. The van der Waals surface area contributed by atoms with E-state index < -0.39 is 0 Å². The van der Waals surface area contributed by atoms with Crippen LogP contribution in [-0.4, -0.2) is 52.7 Å². The molecule has 0 aliphatic carbocycles. The van der Waals surface area contributed by atoms with Crippen LogP contribution in [-0.2, 0) is 24.2 Å². The van der Waals surface area contributed by atoms with Crippen molar-refractivity contribution < 1.29 is 4.74 Å². The molecule has 0 bridgehead atoms. The SMILES string of the molecule is CCNC(=NCC1CCCO1)NCCCn1nc2n(c1=O)CCCC2. The minimum absolute atomic E-state index is 0.0358. The minimum atomic E-state index is 0.0358. The number of hydrogen-bond donors (Lipinski definition) is 2. The van der Waals surface area contributed by atoms with Gasteiger partial charge in [-0.2, -0.15) is 5.10 Å². The van der Waals surface area contributed by atoms with Crippen molar-refractivity contribution in [3.63, 3.8) is 0 Å². The number of guanidine groups is 1. The summed E-state index contributed by atoms with van der Waals surface area (Å²) in [5.74, 6) is 1.75. The average Bonchev–Trinajstić information content (AvgIpc) is 3.25. The first-order valence-corrected chi connectivity index (χ1v) is 9.58. The molecule has 1 aromatic heterocycles. The zero-order valence-electron chi connectivity index (χ0n) is 15.2. The van der Waals surface area contributed by atoms with Gasteiger partial charge in [0.05, 0.1) is 12.6 Å². The summed E-state index contributed by atoms with van der Waals surface area (Å²) in [6.07, 6.45) is 6.44. The van der Waals surface area contributed by atoms with Crippen LogP contribution in [0.4, 0.5) is 0 Å². The third kappa shape index (κ3) is 4.84. The van der Waals surface area contributed by atoms with E-state index in [1.165, 1.54) is 0 Å². The Morgan fingerprint density at radius 3 is 3.04 bits per heavy atom. The minimum Gasteiger partial charge on any atom is -0.376 e. The molecular formula is C17H30N6O2. The van der Waals surface area contributed by atoms with Crippen molar-refractivity contribution in [3.05, 3.63) is 16.3 Å². The van der Waals surface area contributed by atoms with Crippen LogP contribution in [0.25, 0.3) is 0 Å². The second-order valence-electron chi connectivity index (χ2n) is 6.67. The van der Waals surface area contributed by atoms with Gasteiger partial charge in [-0.05, 0) is 39.0 Å². The maximum atomic E-state index is 12.3. The molecular weight excluding hydrogens is 320 g/mol. The Labute approximate surface area is 148 Å². The Kier molecular flexibility index (Phi) is 6.49. The standard InChI is InChI=1S/C17H30N6O2/c1-2-18-16(20-13-14-7-5-12-25-14)19-9-6-11-23-17(24)22-10-4-3-8-15(22)21-23/h14H,2-13H2,1H3,(H2,18,19,20). The molecule has 0 aromatic carbocycles. The number of rotatable bonds is 7. The number of nitrogens with zero attached hydrogens (tertiary/aromatic N) is 4. The summed E-state index contributed by atoms with van der Waals surface area (Å²) in [6, 6.07) is 0. The molecule has 1 saturated heterocycles. The fourth-order valence-electron chi connectivity index (χ4n) is 3.35. The molecule has 3 rings (SSSR count). The summed E-state index contributed by atoms with van der Waals surface area (Å²) in [6.45, 7) is 6.63. The molecule has 2 aliphatic heterocycles. The van der Waals surface area contributed by atoms with Crippen LogP contribution >= 0.6 is 0 Å². The van der Waals surface area contributed by atoms with Gasteiger partial charge < -0.3 is 15.4 Å². The number of hydrogen-bond acceptors (Lipinski definition) is 4. The second kappa shape index (κ2) is 9.03. The normalized spacial score (nSPS) is 20.5. The zero-order valence-corrected chi connectivity index (χ0v) is 15.2. The van der Waals surface area contributed by atoms with Crippen LogP contribution < -0.4 is 16.3 Å². The van der Waals surface area contributed by atoms with Crippen molar-refractivity contribution in [2.45, 2.75) is 64.6 Å². The number of aromatic nitrogens is 3. The van der Waals surface area contributed by atoms with E-state index >= 15 is 0 Å². The highest BCUT2D eigenvalue weighted by Gasteiger charge is 2.16. The van der Waals surface area contributed by atoms with Gasteiger partial charge in [-0.25, -0.2) is 9.48 Å². The van der Waals surface area contributed by atoms with E-state index in [0.717, 1.165) is 76.6 Å². The highest BCUT2D eigenvalue weighted by Crippen LogP contribution is 2.11. The Hall–Kier alpha value is -1.83. The van der Waals surface area contributed by atoms with E-state index in [1.807, 2.05) is 4.57 Å². The summed E-state index contributed by atoms with van der Waals surface area (Å²) < 4.78 is 9.04. The molecule has 0 spiro atoms. The lowest BCUT2D eigenvalue weighted by atomic mass is 10.2. The van der Waals surface area contributed by atoms with Crippen LogP contribution in [0.5, 0.6) is 0 Å². The predicted molar refractivity (Wildman–Crippen MR) is 97.0 cm³/mol. The van der Waals surface area contributed by atoms with Crippen molar-refractivity contribution in [2.24, 2.45) is 4.99 Å². The van der Waals surface area contributed by atoms with Gasteiger partial charge in [0.15, 0.2) is 5.96 Å². The molecule has 2 aliphatic rings. The molecule has 8 heteroatoms. The predicted octanol–water partition coefficient (Wildman–Crippen LogP) is 0.505. The smallest absolute Gasteiger partial charge is 0.345 e. The maximum Gasteiger partial charge on any atom is 0.345 e. The number of aliphatic imine (C=N–C) groups is 1. The van der Waals surface area contributed by atoms with E-state index in [2.05, 4.69) is 27.6 Å². The molecule has 2 N–H and O–H groups in total. The molecule has 0 amide bonds. The quantitative estimate of drug-likeness (QED) is 0.425. The summed E-state index contributed by atoms with van der Waals surface area (Å²) in [7, 11) is 0. The lowest BCUT2D eigenvalue weighted by Gasteiger charge is -2.12. The maximum absolute atomic E-state index is 12.3. The van der Waals surface area contributed by atoms with Crippen LogP contribution in [0.3, 0.4) is 0 Å². The Morgan fingerprint density at radius 1 is 1.36 bits per heavy atom. The van der Waals surface area contributed by atoms with Crippen LogP contribution in [0.2, 0.25) is 0 Å². The van der Waals surface area contributed by atoms with Gasteiger partial charge in [-0.3, -0.25) is 9.56 Å². The van der Waals surface area contributed by atoms with Crippen molar-refractivity contribution in [1.82, 2.24) is 25.0 Å². The number of nitrogens with one attached hydrogen (secondary N) is 2. The first kappa shape index (κ1) is 18.0. The van der Waals surface area contributed by atoms with Gasteiger partial charge in [0.1, 0.15) is 5.82 Å². The van der Waals surface area contributed by atoms with Gasteiger partial charge in [0.2, 0.25) is 0 Å². The topological polar surface area (TPSA) is 85.5 Å². The molecule has 25 heavy (non-hydrogen) atoms. The van der Waals surface area contributed by atoms with Gasteiger partial charge >= 0.3 is 5.69 Å². The highest BCUT2D eigenvalue weighted by molar-refractivity contribution is 5.79. The third-order valence-electron chi connectivity index (χ3n) is 4.69. The first-order chi connectivity index (χ1) is 12.3. The van der Waals surface area contributed by atoms with Crippen LogP contribution in [0.1, 0.15) is 44.9 Å². The molecule has 1 fully saturated rings. The van der Waals surface area contributed by atoms with E-state index in [1.54, 1.807) is 4.68 Å². The summed E-state index contributed by atoms with van der Waals surface area (Å²) in [5.41, 5.74) is 0.0358. The van der Waals surface area contributed by atoms with E-state index in [9.17, 15) is 4.79 Å². The number of fused-ring (bicyclic) bond motifs is 1. The second-order valence-corrected chi connectivity index (χ2v) is 6.67. The van der Waals surface area contributed by atoms with Gasteiger partial charge in [-0.15, -0.1) is 0 Å². The molecule has 0 radical (unpaired) electrons. The van der Waals surface area contributed by atoms with E-state index in [0.29, 0.717) is 13.1 Å². The van der Waals surface area contributed by atoms with E-state index in [4.69, 9.17) is 4.74 Å². The lowest BCUT2D eigenvalue weighted by Crippen LogP contribution is -2.39. The fourth-order valence-corrected chi connectivity index (χ4v) is 3.35. The Morgan fingerprint density at radius 2 is 2.28 bits per heavy atom. The molecule has 1 aromatic rings. The van der Waals surface area contributed by atoms with Crippen molar-refractivity contribution in [1.29, 1.82) is 0 Å². The molecule has 8 nitrogen and oxygen atoms in total. The van der Waals surface area contributed by atoms with Crippen molar-refractivity contribution in [2.75, 3.05) is 26.2 Å². The molecule has 1 unspecified atom stereocenters. The summed E-state index contributed by atoms with van der Waals surface area (Å²) in [5, 5.41) is 11.0. The average molecular weight is 350 g/mol. The number of aryl methyl sites for hydroxylation is 2. The molecule has 0 saturated carbocycles. The molecule has 1 atom stereocenters. The van der Waals surface area contributed by atoms with E-state index in [-0.39, 0.29) is 11.8 Å². The third-order valence-corrected chi connectivity index (χ3v) is 4.69. The molecule has 3 heterocycles. The largest absolute Gasteiger partial charge is 0.376 e. The van der Waals surface area contributed by atoms with Gasteiger partial charge in [0, 0.05) is 39.2 Å². The monoisotopic (exact) mass is 350 g/mol. The summed E-state index contributed by atoms with van der Waals surface area (Å²) in [4.78, 5) is 16.9. The highest BCUT2D eigenvalue weighted by atomic mass is 16.5. The fraction of sp³-hybridized carbons (Fsp3) is 0.824. The number of ether oxygens (including phenoxy) is 1. The Balaban J connectivity index is 1.45. The lowest BCUT2D eigenvalue weighted by molar-refractivity contribution is 0.117. The Bertz CT molecular complexity index is 630. The first-order valence-electron chi connectivity index (χ1n) is 9.58. The van der Waals surface area contributed by atoms with Crippen molar-refractivity contribution >= 4 is 5.96 Å². The van der Waals surface area contributed by atoms with Gasteiger partial charge in [-0.1, -0.05) is 0 Å². The van der Waals surface area contributed by atoms with Crippen LogP contribution in [0, 0.1) is 0 Å². The van der Waals surface area contributed by atoms with Gasteiger partial charge in [0.25, 0.3) is 0 Å². The van der Waals surface area contributed by atoms with Crippen LogP contribution in [0.15, 0.2) is 9.79 Å². The summed E-state index contributed by atoms with van der Waals surface area (Å²) >= 11 is 0. The molecule has 140 valence electrons. The van der Waals surface area contributed by atoms with Crippen molar-refractivity contribution in [3.8, 4) is 0 Å².